The molecule has 2 aromatic heterocycles. The predicted octanol–water partition coefficient (Wildman–Crippen LogP) is 3.71. The van der Waals surface area contributed by atoms with Gasteiger partial charge in [-0.3, -0.25) is 4.90 Å². The van der Waals surface area contributed by atoms with Gasteiger partial charge in [-0.25, -0.2) is 18.2 Å². The molecule has 30 heavy (non-hydrogen) atoms. The molecule has 3 aliphatic rings. The van der Waals surface area contributed by atoms with E-state index in [2.05, 4.69) is 19.9 Å². The molecule has 162 valence electrons. The zero-order chi connectivity index (χ0) is 21.0. The smallest absolute Gasteiger partial charge is 0.319 e. The second kappa shape index (κ2) is 7.37. The average Bonchev–Trinajstić information content (AvgIpc) is 3.16. The Hall–Kier alpha value is -1.87. The maximum Gasteiger partial charge on any atom is 0.319 e. The summed E-state index contributed by atoms with van der Waals surface area (Å²) in [6, 6.07) is -0.331. The number of hydrogen-bond donors (Lipinski definition) is 0. The molecule has 0 bridgehead atoms. The molecule has 3 fully saturated rings. The number of ether oxygens (including phenoxy) is 1. The van der Waals surface area contributed by atoms with Crippen molar-refractivity contribution in [3.05, 3.63) is 17.2 Å². The normalized spacial score (nSPS) is 30.6. The Morgan fingerprint density at radius 2 is 2.17 bits per heavy atom. The first kappa shape index (κ1) is 20.1. The van der Waals surface area contributed by atoms with Gasteiger partial charge >= 0.3 is 6.01 Å². The molecule has 2 aromatic rings. The number of halogens is 4. The zero-order valence-electron chi connectivity index (χ0n) is 16.6. The van der Waals surface area contributed by atoms with Crippen LogP contribution in [0.1, 0.15) is 32.6 Å². The standard InChI is InChI=1S/C20H23ClF3N5O/c1-2-29(14-6-13(14)23)18-12-8-25-17(21)15(24)16(12)26-19(27-18)30-10-20-4-3-5-28(20)9-11(22)7-20/h8,11,13-14H,2-7,9-10H2,1H3/t11-,13-,14-,20+/m1/s1. The average molecular weight is 442 g/mol. The van der Waals surface area contributed by atoms with Crippen LogP contribution in [0.15, 0.2) is 6.20 Å². The molecule has 2 saturated heterocycles. The van der Waals surface area contributed by atoms with Gasteiger partial charge in [-0.15, -0.1) is 0 Å². The summed E-state index contributed by atoms with van der Waals surface area (Å²) in [4.78, 5) is 16.5. The molecule has 0 spiro atoms. The van der Waals surface area contributed by atoms with E-state index in [0.29, 0.717) is 37.1 Å². The first-order valence-corrected chi connectivity index (χ1v) is 10.7. The summed E-state index contributed by atoms with van der Waals surface area (Å²) >= 11 is 5.86. The molecule has 0 unspecified atom stereocenters. The number of pyridine rings is 1. The second-order valence-corrected chi connectivity index (χ2v) is 8.78. The van der Waals surface area contributed by atoms with Gasteiger partial charge in [-0.1, -0.05) is 11.6 Å². The van der Waals surface area contributed by atoms with Crippen molar-refractivity contribution in [2.24, 2.45) is 0 Å². The van der Waals surface area contributed by atoms with Crippen LogP contribution in [-0.2, 0) is 0 Å². The minimum absolute atomic E-state index is 0.0138. The van der Waals surface area contributed by atoms with Crippen LogP contribution < -0.4 is 9.64 Å². The number of anilines is 1. The van der Waals surface area contributed by atoms with Crippen LogP contribution in [0.4, 0.5) is 19.0 Å². The monoisotopic (exact) mass is 441 g/mol. The third-order valence-electron chi connectivity index (χ3n) is 6.53. The van der Waals surface area contributed by atoms with Crippen LogP contribution in [-0.4, -0.2) is 70.0 Å². The summed E-state index contributed by atoms with van der Waals surface area (Å²) in [5, 5.41) is 0.0584. The summed E-state index contributed by atoms with van der Waals surface area (Å²) in [6.07, 6.45) is 2.20. The summed E-state index contributed by atoms with van der Waals surface area (Å²) < 4.78 is 48.5. The highest BCUT2D eigenvalue weighted by Crippen LogP contribution is 2.41. The Morgan fingerprint density at radius 3 is 2.90 bits per heavy atom. The van der Waals surface area contributed by atoms with E-state index in [1.165, 1.54) is 6.20 Å². The van der Waals surface area contributed by atoms with Gasteiger partial charge in [0.2, 0.25) is 0 Å². The van der Waals surface area contributed by atoms with Crippen molar-refractivity contribution >= 4 is 28.3 Å². The molecule has 0 aromatic carbocycles. The Labute approximate surface area is 177 Å². The van der Waals surface area contributed by atoms with Crippen molar-refractivity contribution < 1.29 is 17.9 Å². The van der Waals surface area contributed by atoms with Crippen LogP contribution in [0.2, 0.25) is 5.15 Å². The first-order valence-electron chi connectivity index (χ1n) is 10.4. The van der Waals surface area contributed by atoms with E-state index in [0.717, 1.165) is 19.4 Å². The van der Waals surface area contributed by atoms with Gasteiger partial charge in [0.25, 0.3) is 0 Å². The van der Waals surface area contributed by atoms with Crippen LogP contribution in [0.25, 0.3) is 10.9 Å². The molecular formula is C20H23ClF3N5O. The SMILES string of the molecule is CCN(c1nc(OC[C@@]23CCCN2C[C@H](F)C3)nc2c(F)c(Cl)ncc12)[C@@H]1C[C@H]1F. The minimum Gasteiger partial charge on any atom is -0.461 e. The molecular weight excluding hydrogens is 419 g/mol. The van der Waals surface area contributed by atoms with E-state index in [4.69, 9.17) is 16.3 Å². The highest BCUT2D eigenvalue weighted by molar-refractivity contribution is 6.30. The molecule has 0 amide bonds. The Balaban J connectivity index is 1.51. The largest absolute Gasteiger partial charge is 0.461 e. The Bertz CT molecular complexity index is 981. The number of nitrogens with zero attached hydrogens (tertiary/aromatic N) is 5. The van der Waals surface area contributed by atoms with Gasteiger partial charge in [0, 0.05) is 32.1 Å². The Morgan fingerprint density at radius 1 is 1.37 bits per heavy atom. The van der Waals surface area contributed by atoms with E-state index >= 15 is 0 Å². The molecule has 4 heterocycles. The van der Waals surface area contributed by atoms with Crippen LogP contribution >= 0.6 is 11.6 Å². The lowest BCUT2D eigenvalue weighted by atomic mass is 9.95. The van der Waals surface area contributed by atoms with E-state index in [1.54, 1.807) is 4.90 Å². The number of fused-ring (bicyclic) bond motifs is 2. The van der Waals surface area contributed by atoms with Gasteiger partial charge in [-0.05, 0) is 26.3 Å². The Kier molecular flexibility index (Phi) is 4.93. The van der Waals surface area contributed by atoms with E-state index < -0.39 is 18.2 Å². The van der Waals surface area contributed by atoms with Crippen molar-refractivity contribution in [2.45, 2.75) is 56.5 Å². The molecule has 2 aliphatic heterocycles. The third-order valence-corrected chi connectivity index (χ3v) is 6.79. The zero-order valence-corrected chi connectivity index (χ0v) is 17.4. The lowest BCUT2D eigenvalue weighted by Gasteiger charge is -2.31. The second-order valence-electron chi connectivity index (χ2n) is 8.42. The highest BCUT2D eigenvalue weighted by atomic mass is 35.5. The molecule has 6 nitrogen and oxygen atoms in total. The summed E-state index contributed by atoms with van der Waals surface area (Å²) in [5.74, 6) is -0.391. The van der Waals surface area contributed by atoms with Crippen molar-refractivity contribution in [1.29, 1.82) is 0 Å². The number of rotatable bonds is 6. The van der Waals surface area contributed by atoms with E-state index in [-0.39, 0.29) is 34.9 Å². The summed E-state index contributed by atoms with van der Waals surface area (Å²) in [5.41, 5.74) is -0.391. The van der Waals surface area contributed by atoms with Crippen molar-refractivity contribution in [3.63, 3.8) is 0 Å². The van der Waals surface area contributed by atoms with Crippen molar-refractivity contribution in [3.8, 4) is 6.01 Å². The molecule has 0 radical (unpaired) electrons. The maximum absolute atomic E-state index is 14.7. The fourth-order valence-corrected chi connectivity index (χ4v) is 5.08. The van der Waals surface area contributed by atoms with E-state index in [1.807, 2.05) is 6.92 Å². The maximum atomic E-state index is 14.7. The molecule has 1 saturated carbocycles. The lowest BCUT2D eigenvalue weighted by molar-refractivity contribution is 0.107. The third kappa shape index (κ3) is 3.26. The number of alkyl halides is 2. The fraction of sp³-hybridized carbons (Fsp3) is 0.650. The fourth-order valence-electron chi connectivity index (χ4n) is 4.95. The number of aromatic nitrogens is 3. The number of hydrogen-bond acceptors (Lipinski definition) is 6. The van der Waals surface area contributed by atoms with Gasteiger partial charge in [0.1, 0.15) is 30.3 Å². The molecule has 5 rings (SSSR count). The molecule has 1 aliphatic carbocycles. The van der Waals surface area contributed by atoms with E-state index in [9.17, 15) is 13.2 Å². The highest BCUT2D eigenvalue weighted by Gasteiger charge is 2.49. The van der Waals surface area contributed by atoms with Gasteiger partial charge in [0.05, 0.1) is 17.0 Å². The molecule has 4 atom stereocenters. The van der Waals surface area contributed by atoms with Crippen molar-refractivity contribution in [1.82, 2.24) is 19.9 Å². The van der Waals surface area contributed by atoms with Gasteiger partial charge in [-0.2, -0.15) is 9.97 Å². The first-order chi connectivity index (χ1) is 14.4. The summed E-state index contributed by atoms with van der Waals surface area (Å²) in [7, 11) is 0. The quantitative estimate of drug-likeness (QED) is 0.637. The predicted molar refractivity (Wildman–Crippen MR) is 107 cm³/mol. The van der Waals surface area contributed by atoms with Crippen LogP contribution in [0.3, 0.4) is 0 Å². The van der Waals surface area contributed by atoms with Gasteiger partial charge < -0.3 is 9.64 Å². The topological polar surface area (TPSA) is 54.4 Å². The lowest BCUT2D eigenvalue weighted by Crippen LogP contribution is -2.43. The van der Waals surface area contributed by atoms with Gasteiger partial charge in [0.15, 0.2) is 11.0 Å². The molecule has 10 heteroatoms. The van der Waals surface area contributed by atoms with Crippen LogP contribution in [0.5, 0.6) is 6.01 Å². The summed E-state index contributed by atoms with van der Waals surface area (Å²) in [6.45, 7) is 3.84. The van der Waals surface area contributed by atoms with Crippen LogP contribution in [0, 0.1) is 5.82 Å². The minimum atomic E-state index is -0.949. The van der Waals surface area contributed by atoms with Crippen molar-refractivity contribution in [2.75, 3.05) is 31.1 Å². The molecule has 0 N–H and O–H groups in total.